The highest BCUT2D eigenvalue weighted by Crippen LogP contribution is 2.41. The average molecular weight is 527 g/mol. The van der Waals surface area contributed by atoms with Gasteiger partial charge in [-0.3, -0.25) is 4.79 Å². The zero-order valence-corrected chi connectivity index (χ0v) is 21.2. The van der Waals surface area contributed by atoms with Crippen LogP contribution in [0.15, 0.2) is 42.5 Å². The van der Waals surface area contributed by atoms with Gasteiger partial charge in [0.25, 0.3) is 0 Å². The number of hydrogen-bond donors (Lipinski definition) is 0. The molecule has 0 bridgehead atoms. The second-order valence-corrected chi connectivity index (χ2v) is 9.75. The van der Waals surface area contributed by atoms with Crippen molar-refractivity contribution in [3.05, 3.63) is 76.1 Å². The first-order valence-corrected chi connectivity index (χ1v) is 12.4. The van der Waals surface area contributed by atoms with Gasteiger partial charge in [-0.05, 0) is 59.4 Å². The third-order valence-electron chi connectivity index (χ3n) is 5.26. The van der Waals surface area contributed by atoms with Crippen LogP contribution in [0.2, 0.25) is 0 Å². The van der Waals surface area contributed by atoms with Crippen molar-refractivity contribution >= 4 is 21.8 Å². The van der Waals surface area contributed by atoms with Crippen molar-refractivity contribution in [3.63, 3.8) is 0 Å². The second kappa shape index (κ2) is 11.2. The van der Waals surface area contributed by atoms with Gasteiger partial charge in [0.15, 0.2) is 0 Å². The smallest absolute Gasteiger partial charge is 0.469 e. The number of carbonyl (C=O) groups is 1. The normalized spacial score (nSPS) is 14.2. The molecule has 0 N–H and O–H groups in total. The van der Waals surface area contributed by atoms with Crippen molar-refractivity contribution in [1.29, 1.82) is 0 Å². The van der Waals surface area contributed by atoms with Gasteiger partial charge in [-0.1, -0.05) is 45.6 Å². The molecule has 0 fully saturated rings. The van der Waals surface area contributed by atoms with Crippen LogP contribution in [0, 0.1) is 17.7 Å². The molecule has 0 aliphatic heterocycles. The summed E-state index contributed by atoms with van der Waals surface area (Å²) >= 11 is 0. The van der Waals surface area contributed by atoms with Crippen LogP contribution >= 0.6 is 0 Å². The number of esters is 1. The number of halogens is 4. The summed E-state index contributed by atoms with van der Waals surface area (Å²) in [6.07, 6.45) is 1.35. The molecule has 5 nitrogen and oxygen atoms in total. The Labute approximate surface area is 208 Å². The van der Waals surface area contributed by atoms with E-state index in [0.717, 1.165) is 0 Å². The van der Waals surface area contributed by atoms with Gasteiger partial charge in [0.05, 0.1) is 13.5 Å². The lowest BCUT2D eigenvalue weighted by Crippen LogP contribution is -2.27. The molecule has 1 aliphatic carbocycles. The molecule has 1 aliphatic rings. The van der Waals surface area contributed by atoms with Crippen LogP contribution in [0.5, 0.6) is 0 Å². The maximum absolute atomic E-state index is 14.2. The molecule has 2 aromatic carbocycles. The van der Waals surface area contributed by atoms with E-state index in [9.17, 15) is 30.8 Å². The lowest BCUT2D eigenvalue weighted by atomic mass is 9.75. The molecular formula is C26H26F4O5S. The molecule has 0 atom stereocenters. The number of benzene rings is 2. The monoisotopic (exact) mass is 526 g/mol. The molecule has 0 amide bonds. The van der Waals surface area contributed by atoms with Crippen LogP contribution in [-0.4, -0.2) is 27.0 Å². The zero-order valence-electron chi connectivity index (χ0n) is 20.4. The number of fused-ring (bicyclic) bond motifs is 1. The molecule has 2 aromatic rings. The quantitative estimate of drug-likeness (QED) is 0.164. The van der Waals surface area contributed by atoms with Crippen molar-refractivity contribution in [3.8, 4) is 11.8 Å². The van der Waals surface area contributed by atoms with Crippen molar-refractivity contribution in [2.45, 2.75) is 51.5 Å². The molecule has 0 saturated heterocycles. The third kappa shape index (κ3) is 6.66. The number of hydrogen-bond acceptors (Lipinski definition) is 5. The summed E-state index contributed by atoms with van der Waals surface area (Å²) in [6, 6.07) is 8.75. The fourth-order valence-electron chi connectivity index (χ4n) is 3.35. The summed E-state index contributed by atoms with van der Waals surface area (Å²) in [7, 11) is -4.60. The van der Waals surface area contributed by atoms with Crippen LogP contribution in [0.4, 0.5) is 17.6 Å². The number of rotatable bonds is 4. The molecule has 0 aromatic heterocycles. The van der Waals surface area contributed by atoms with E-state index in [1.54, 1.807) is 12.1 Å². The minimum Gasteiger partial charge on any atom is -0.469 e. The minimum absolute atomic E-state index is 0.168. The Morgan fingerprint density at radius 1 is 1.06 bits per heavy atom. The van der Waals surface area contributed by atoms with Crippen LogP contribution in [0.3, 0.4) is 0 Å². The van der Waals surface area contributed by atoms with Crippen LogP contribution in [-0.2, 0) is 35.7 Å². The van der Waals surface area contributed by atoms with Gasteiger partial charge in [0.2, 0.25) is 0 Å². The van der Waals surface area contributed by atoms with Crippen molar-refractivity contribution in [1.82, 2.24) is 0 Å². The Kier molecular flexibility index (Phi) is 8.97. The number of methoxy groups -OCH3 is 1. The van der Waals surface area contributed by atoms with Crippen LogP contribution in [0.1, 0.15) is 61.9 Å². The van der Waals surface area contributed by atoms with Gasteiger partial charge in [-0.2, -0.15) is 21.6 Å². The first-order chi connectivity index (χ1) is 16.7. The molecule has 36 heavy (non-hydrogen) atoms. The van der Waals surface area contributed by atoms with Gasteiger partial charge < -0.3 is 8.92 Å². The standard InChI is InChI=1S/C24H20F4O5S.C2H6/c1-23(2)11-10-21(33-34(30,31)24(26,27)28)18-9-7-15(12-19(18)23)4-5-16-6-8-17(20(25)13-16)14-22(29)32-3;1-2/h6-10,12-13H,11,14H2,1-3H3;1-2H3. The van der Waals surface area contributed by atoms with E-state index >= 15 is 0 Å². The number of carbonyl (C=O) groups excluding carboxylic acids is 1. The Hall–Kier alpha value is -3.32. The van der Waals surface area contributed by atoms with E-state index in [1.807, 2.05) is 27.7 Å². The average Bonchev–Trinajstić information content (AvgIpc) is 2.81. The van der Waals surface area contributed by atoms with Gasteiger partial charge in [-0.15, -0.1) is 0 Å². The summed E-state index contributed by atoms with van der Waals surface area (Å²) in [5, 5.41) is 0. The molecule has 3 rings (SSSR count). The summed E-state index contributed by atoms with van der Waals surface area (Å²) < 4.78 is 84.4. The van der Waals surface area contributed by atoms with Crippen molar-refractivity contribution in [2.24, 2.45) is 0 Å². The first kappa shape index (κ1) is 28.9. The largest absolute Gasteiger partial charge is 0.534 e. The predicted octanol–water partition coefficient (Wildman–Crippen LogP) is 5.86. The molecular weight excluding hydrogens is 500 g/mol. The van der Waals surface area contributed by atoms with Crippen LogP contribution in [0.25, 0.3) is 5.76 Å². The number of ether oxygens (including phenoxy) is 1. The van der Waals surface area contributed by atoms with E-state index < -0.39 is 38.6 Å². The summed E-state index contributed by atoms with van der Waals surface area (Å²) in [4.78, 5) is 11.3. The first-order valence-electron chi connectivity index (χ1n) is 11.0. The maximum Gasteiger partial charge on any atom is 0.534 e. The van der Waals surface area contributed by atoms with Gasteiger partial charge in [0.1, 0.15) is 11.6 Å². The van der Waals surface area contributed by atoms with E-state index in [0.29, 0.717) is 16.7 Å². The predicted molar refractivity (Wildman–Crippen MR) is 128 cm³/mol. The van der Waals surface area contributed by atoms with Crippen LogP contribution < -0.4 is 0 Å². The Morgan fingerprint density at radius 3 is 2.19 bits per heavy atom. The fraction of sp³-hybridized carbons (Fsp3) is 0.346. The molecule has 0 heterocycles. The van der Waals surface area contributed by atoms with Gasteiger partial charge >= 0.3 is 21.6 Å². The number of alkyl halides is 3. The van der Waals surface area contributed by atoms with E-state index in [4.69, 9.17) is 0 Å². The minimum atomic E-state index is -5.81. The molecule has 0 saturated carbocycles. The van der Waals surface area contributed by atoms with E-state index in [-0.39, 0.29) is 24.0 Å². The SMILES string of the molecule is CC.COC(=O)Cc1ccc(C#Cc2ccc3c(c2)C(C)(C)CC=C3OS(=O)(=O)C(F)(F)F)cc1F. The molecule has 0 radical (unpaired) electrons. The molecule has 0 spiro atoms. The Balaban J connectivity index is 0.00000222. The molecule has 0 unspecified atom stereocenters. The Morgan fingerprint density at radius 2 is 1.64 bits per heavy atom. The summed E-state index contributed by atoms with van der Waals surface area (Å²) in [6.45, 7) is 7.70. The highest BCUT2D eigenvalue weighted by atomic mass is 32.2. The zero-order chi connectivity index (χ0) is 27.3. The van der Waals surface area contributed by atoms with Crippen molar-refractivity contribution in [2.75, 3.05) is 7.11 Å². The van der Waals surface area contributed by atoms with Crippen molar-refractivity contribution < 1.29 is 39.7 Å². The second-order valence-electron chi connectivity index (χ2n) is 8.21. The topological polar surface area (TPSA) is 69.7 Å². The summed E-state index contributed by atoms with van der Waals surface area (Å²) in [5.74, 6) is 4.09. The lowest BCUT2D eigenvalue weighted by Gasteiger charge is -2.31. The van der Waals surface area contributed by atoms with Gasteiger partial charge in [0, 0.05) is 16.7 Å². The van der Waals surface area contributed by atoms with Gasteiger partial charge in [-0.25, -0.2) is 4.39 Å². The van der Waals surface area contributed by atoms with E-state index in [1.165, 1.54) is 37.5 Å². The molecule has 10 heteroatoms. The molecule has 194 valence electrons. The third-order valence-corrected chi connectivity index (χ3v) is 6.23. The Bertz CT molecular complexity index is 1330. The highest BCUT2D eigenvalue weighted by molar-refractivity contribution is 7.87. The fourth-order valence-corrected chi connectivity index (χ4v) is 3.84. The highest BCUT2D eigenvalue weighted by Gasteiger charge is 2.49. The summed E-state index contributed by atoms with van der Waals surface area (Å²) in [5.41, 5.74) is -4.28. The lowest BCUT2D eigenvalue weighted by molar-refractivity contribution is -0.139. The number of allylic oxidation sites excluding steroid dienone is 1. The van der Waals surface area contributed by atoms with E-state index in [2.05, 4.69) is 20.8 Å². The maximum atomic E-state index is 14.2.